The zero-order chi connectivity index (χ0) is 12.9. The largest absolute Gasteiger partial charge is 0.348 e. The first-order chi connectivity index (χ1) is 9.25. The summed E-state index contributed by atoms with van der Waals surface area (Å²) in [5.41, 5.74) is 1.36. The molecule has 1 aromatic rings. The molecule has 100 valence electrons. The van der Waals surface area contributed by atoms with Crippen LogP contribution in [-0.4, -0.2) is 13.2 Å². The van der Waals surface area contributed by atoms with Crippen LogP contribution in [0.5, 0.6) is 0 Å². The van der Waals surface area contributed by atoms with E-state index in [1.54, 1.807) is 0 Å². The molecule has 1 spiro atoms. The standard InChI is InChI=1S/C16H17BrO2/c17-14-5-2-12(3-6-14)15-18-9-16(10-19-15)8-11-1-4-13(16)7-11/h1-6,11,13,15H,7-10H2/t11-,13-,15?,16?/m0/s1. The summed E-state index contributed by atoms with van der Waals surface area (Å²) < 4.78 is 13.1. The Bertz CT molecular complexity index is 500. The number of allylic oxidation sites excluding steroid dienone is 2. The Morgan fingerprint density at radius 1 is 1.05 bits per heavy atom. The van der Waals surface area contributed by atoms with Gasteiger partial charge in [0.15, 0.2) is 6.29 Å². The summed E-state index contributed by atoms with van der Waals surface area (Å²) in [4.78, 5) is 0. The van der Waals surface area contributed by atoms with E-state index >= 15 is 0 Å². The van der Waals surface area contributed by atoms with Gasteiger partial charge in [-0.1, -0.05) is 40.2 Å². The summed E-state index contributed by atoms with van der Waals surface area (Å²) in [6.45, 7) is 1.67. The lowest BCUT2D eigenvalue weighted by molar-refractivity contribution is -0.239. The molecule has 1 aromatic carbocycles. The number of ether oxygens (including phenoxy) is 2. The maximum Gasteiger partial charge on any atom is 0.183 e. The average Bonchev–Trinajstić information content (AvgIpc) is 3.02. The van der Waals surface area contributed by atoms with Crippen LogP contribution in [0.1, 0.15) is 24.7 Å². The second-order valence-electron chi connectivity index (χ2n) is 6.06. The maximum absolute atomic E-state index is 6.02. The first kappa shape index (κ1) is 12.1. The minimum absolute atomic E-state index is 0.193. The van der Waals surface area contributed by atoms with E-state index in [4.69, 9.17) is 9.47 Å². The molecule has 0 radical (unpaired) electrons. The molecule has 2 aliphatic carbocycles. The maximum atomic E-state index is 6.02. The number of benzene rings is 1. The third-order valence-electron chi connectivity index (χ3n) is 4.81. The molecule has 1 heterocycles. The van der Waals surface area contributed by atoms with Crippen molar-refractivity contribution in [3.05, 3.63) is 46.5 Å². The van der Waals surface area contributed by atoms with Gasteiger partial charge in [0.25, 0.3) is 0 Å². The second-order valence-corrected chi connectivity index (χ2v) is 6.97. The van der Waals surface area contributed by atoms with Gasteiger partial charge >= 0.3 is 0 Å². The Kier molecular flexibility index (Phi) is 2.83. The zero-order valence-corrected chi connectivity index (χ0v) is 12.3. The SMILES string of the molecule is Brc1ccc(C2OCC3(CO2)C[C@H]2C=C[C@H]3C2)cc1. The van der Waals surface area contributed by atoms with Gasteiger partial charge in [0.2, 0.25) is 0 Å². The molecule has 1 saturated heterocycles. The van der Waals surface area contributed by atoms with Gasteiger partial charge in [0.1, 0.15) is 0 Å². The van der Waals surface area contributed by atoms with Crippen LogP contribution >= 0.6 is 15.9 Å². The second kappa shape index (κ2) is 4.44. The summed E-state index contributed by atoms with van der Waals surface area (Å²) in [6, 6.07) is 8.19. The van der Waals surface area contributed by atoms with E-state index in [0.29, 0.717) is 5.92 Å². The predicted octanol–water partition coefficient (Wildman–Crippen LogP) is 4.08. The lowest BCUT2D eigenvalue weighted by Crippen LogP contribution is -2.41. The highest BCUT2D eigenvalue weighted by molar-refractivity contribution is 9.10. The number of halogens is 1. The van der Waals surface area contributed by atoms with Crippen molar-refractivity contribution in [1.29, 1.82) is 0 Å². The fourth-order valence-electron chi connectivity index (χ4n) is 3.77. The summed E-state index contributed by atoms with van der Waals surface area (Å²) in [7, 11) is 0. The Morgan fingerprint density at radius 2 is 1.79 bits per heavy atom. The van der Waals surface area contributed by atoms with Gasteiger partial charge in [-0.2, -0.15) is 0 Å². The first-order valence-corrected chi connectivity index (χ1v) is 7.71. The summed E-state index contributed by atoms with van der Waals surface area (Å²) >= 11 is 3.45. The van der Waals surface area contributed by atoms with Crippen molar-refractivity contribution in [2.75, 3.05) is 13.2 Å². The molecule has 1 aliphatic heterocycles. The van der Waals surface area contributed by atoms with Crippen molar-refractivity contribution < 1.29 is 9.47 Å². The van der Waals surface area contributed by atoms with Crippen LogP contribution in [0.3, 0.4) is 0 Å². The fraction of sp³-hybridized carbons (Fsp3) is 0.500. The van der Waals surface area contributed by atoms with Gasteiger partial charge in [-0.25, -0.2) is 0 Å². The summed E-state index contributed by atoms with van der Waals surface area (Å²) in [5.74, 6) is 1.43. The normalized spacial score (nSPS) is 40.2. The van der Waals surface area contributed by atoms with E-state index in [1.807, 2.05) is 12.1 Å². The van der Waals surface area contributed by atoms with Crippen LogP contribution in [0.25, 0.3) is 0 Å². The Balaban J connectivity index is 1.48. The Hall–Kier alpha value is -0.640. The molecule has 19 heavy (non-hydrogen) atoms. The van der Waals surface area contributed by atoms with Crippen LogP contribution in [-0.2, 0) is 9.47 Å². The molecule has 2 nitrogen and oxygen atoms in total. The first-order valence-electron chi connectivity index (χ1n) is 6.92. The number of rotatable bonds is 1. The molecular weight excluding hydrogens is 304 g/mol. The predicted molar refractivity (Wildman–Crippen MR) is 76.6 cm³/mol. The molecule has 2 atom stereocenters. The van der Waals surface area contributed by atoms with Gasteiger partial charge in [-0.05, 0) is 36.8 Å². The van der Waals surface area contributed by atoms with Crippen LogP contribution in [0.2, 0.25) is 0 Å². The number of fused-ring (bicyclic) bond motifs is 3. The fourth-order valence-corrected chi connectivity index (χ4v) is 4.04. The number of hydrogen-bond donors (Lipinski definition) is 0. The lowest BCUT2D eigenvalue weighted by Gasteiger charge is -2.41. The van der Waals surface area contributed by atoms with Crippen molar-refractivity contribution in [3.8, 4) is 0 Å². The van der Waals surface area contributed by atoms with Crippen molar-refractivity contribution in [3.63, 3.8) is 0 Å². The Labute approximate surface area is 121 Å². The van der Waals surface area contributed by atoms with Gasteiger partial charge in [0, 0.05) is 15.5 Å². The van der Waals surface area contributed by atoms with Crippen molar-refractivity contribution >= 4 is 15.9 Å². The third kappa shape index (κ3) is 1.99. The molecule has 1 saturated carbocycles. The molecule has 0 N–H and O–H groups in total. The van der Waals surface area contributed by atoms with E-state index in [0.717, 1.165) is 29.2 Å². The van der Waals surface area contributed by atoms with Crippen molar-refractivity contribution in [2.24, 2.45) is 17.3 Å². The quantitative estimate of drug-likeness (QED) is 0.726. The molecule has 0 aromatic heterocycles. The van der Waals surface area contributed by atoms with Crippen LogP contribution in [0.4, 0.5) is 0 Å². The molecule has 0 unspecified atom stereocenters. The van der Waals surface area contributed by atoms with Gasteiger partial charge in [-0.3, -0.25) is 0 Å². The molecule has 2 fully saturated rings. The topological polar surface area (TPSA) is 18.5 Å². The van der Waals surface area contributed by atoms with E-state index in [1.165, 1.54) is 12.8 Å². The van der Waals surface area contributed by atoms with E-state index in [-0.39, 0.29) is 11.7 Å². The third-order valence-corrected chi connectivity index (χ3v) is 5.34. The molecule has 3 heteroatoms. The van der Waals surface area contributed by atoms with Crippen molar-refractivity contribution in [1.82, 2.24) is 0 Å². The van der Waals surface area contributed by atoms with Gasteiger partial charge in [0.05, 0.1) is 13.2 Å². The highest BCUT2D eigenvalue weighted by atomic mass is 79.9. The highest BCUT2D eigenvalue weighted by Gasteiger charge is 2.51. The van der Waals surface area contributed by atoms with E-state index in [2.05, 4.69) is 40.2 Å². The molecule has 4 rings (SSSR count). The van der Waals surface area contributed by atoms with Crippen LogP contribution in [0, 0.1) is 17.3 Å². The minimum atomic E-state index is -0.193. The number of hydrogen-bond acceptors (Lipinski definition) is 2. The van der Waals surface area contributed by atoms with Gasteiger partial charge < -0.3 is 9.47 Å². The molecule has 0 amide bonds. The minimum Gasteiger partial charge on any atom is -0.348 e. The van der Waals surface area contributed by atoms with Crippen molar-refractivity contribution in [2.45, 2.75) is 19.1 Å². The smallest absolute Gasteiger partial charge is 0.183 e. The Morgan fingerprint density at radius 3 is 2.37 bits per heavy atom. The average molecular weight is 321 g/mol. The molecular formula is C16H17BrO2. The summed E-state index contributed by atoms with van der Waals surface area (Å²) in [6.07, 6.45) is 7.09. The molecule has 2 bridgehead atoms. The highest BCUT2D eigenvalue weighted by Crippen LogP contribution is 2.54. The van der Waals surface area contributed by atoms with E-state index < -0.39 is 0 Å². The summed E-state index contributed by atoms with van der Waals surface area (Å²) in [5, 5.41) is 0. The van der Waals surface area contributed by atoms with E-state index in [9.17, 15) is 0 Å². The van der Waals surface area contributed by atoms with Crippen LogP contribution in [0.15, 0.2) is 40.9 Å². The lowest BCUT2D eigenvalue weighted by atomic mass is 9.76. The van der Waals surface area contributed by atoms with Gasteiger partial charge in [-0.15, -0.1) is 0 Å². The van der Waals surface area contributed by atoms with Crippen LogP contribution < -0.4 is 0 Å². The zero-order valence-electron chi connectivity index (χ0n) is 10.7. The molecule has 3 aliphatic rings. The monoisotopic (exact) mass is 320 g/mol.